The first-order valence-corrected chi connectivity index (χ1v) is 5.23. The van der Waals surface area contributed by atoms with Crippen molar-refractivity contribution < 1.29 is 19.5 Å². The van der Waals surface area contributed by atoms with E-state index in [-0.39, 0.29) is 17.3 Å². The van der Waals surface area contributed by atoms with Crippen LogP contribution >= 0.6 is 0 Å². The molecular formula is C12H18NO3+. The quantitative estimate of drug-likeness (QED) is 0.461. The van der Waals surface area contributed by atoms with Gasteiger partial charge in [0.05, 0.1) is 20.6 Å². The van der Waals surface area contributed by atoms with Crippen LogP contribution in [0.5, 0.6) is 11.5 Å². The van der Waals surface area contributed by atoms with Crippen molar-refractivity contribution in [3.63, 3.8) is 0 Å². The molecule has 0 aromatic heterocycles. The van der Waals surface area contributed by atoms with Gasteiger partial charge in [-0.3, -0.25) is 4.79 Å². The Morgan fingerprint density at radius 3 is 2.38 bits per heavy atom. The second-order valence-electron chi connectivity index (χ2n) is 4.54. The zero-order valence-corrected chi connectivity index (χ0v) is 9.90. The Hall–Kier alpha value is -1.55. The van der Waals surface area contributed by atoms with E-state index >= 15 is 0 Å². The number of benzene rings is 1. The molecule has 1 rings (SSSR count). The van der Waals surface area contributed by atoms with Crippen molar-refractivity contribution in [2.45, 2.75) is 6.92 Å². The maximum absolute atomic E-state index is 11.9. The third-order valence-electron chi connectivity index (χ3n) is 2.73. The lowest BCUT2D eigenvalue weighted by Gasteiger charge is -2.27. The molecule has 88 valence electrons. The molecule has 0 aliphatic heterocycles. The van der Waals surface area contributed by atoms with Gasteiger partial charge in [-0.05, 0) is 25.1 Å². The summed E-state index contributed by atoms with van der Waals surface area (Å²) in [6.07, 6.45) is 0. The Labute approximate surface area is 95.3 Å². The smallest absolute Gasteiger partial charge is 0.217 e. The second-order valence-corrected chi connectivity index (χ2v) is 4.54. The number of nitrogens with zero attached hydrogens (tertiary/aromatic N) is 1. The van der Waals surface area contributed by atoms with Gasteiger partial charge in [-0.15, -0.1) is 0 Å². The SMILES string of the molecule is CC[N+](C)(C)CC(=O)c1ccc(O)c(O)c1. The van der Waals surface area contributed by atoms with Crippen molar-refractivity contribution >= 4 is 5.78 Å². The Kier molecular flexibility index (Phi) is 3.55. The van der Waals surface area contributed by atoms with E-state index < -0.39 is 0 Å². The van der Waals surface area contributed by atoms with Crippen LogP contribution in [0.25, 0.3) is 0 Å². The summed E-state index contributed by atoms with van der Waals surface area (Å²) in [5.74, 6) is -0.504. The molecule has 16 heavy (non-hydrogen) atoms. The number of quaternary nitrogens is 1. The van der Waals surface area contributed by atoms with Gasteiger partial charge in [-0.1, -0.05) is 0 Å². The Bertz CT molecular complexity index is 399. The van der Waals surface area contributed by atoms with E-state index in [1.807, 2.05) is 21.0 Å². The number of carbonyl (C=O) groups excluding carboxylic acids is 1. The monoisotopic (exact) mass is 224 g/mol. The number of rotatable bonds is 4. The summed E-state index contributed by atoms with van der Waals surface area (Å²) in [5.41, 5.74) is 0.426. The predicted octanol–water partition coefficient (Wildman–Crippen LogP) is 1.38. The lowest BCUT2D eigenvalue weighted by Crippen LogP contribution is -2.43. The molecule has 0 bridgehead atoms. The van der Waals surface area contributed by atoms with Crippen LogP contribution in [0.4, 0.5) is 0 Å². The summed E-state index contributed by atoms with van der Waals surface area (Å²) in [5, 5.41) is 18.4. The lowest BCUT2D eigenvalue weighted by molar-refractivity contribution is -0.880. The molecule has 0 aliphatic rings. The van der Waals surface area contributed by atoms with Crippen LogP contribution in [0.1, 0.15) is 17.3 Å². The predicted molar refractivity (Wildman–Crippen MR) is 61.6 cm³/mol. The summed E-state index contributed by atoms with van der Waals surface area (Å²) in [6, 6.07) is 4.15. The minimum absolute atomic E-state index is 0.0397. The van der Waals surface area contributed by atoms with Gasteiger partial charge >= 0.3 is 0 Å². The fourth-order valence-electron chi connectivity index (χ4n) is 1.29. The van der Waals surface area contributed by atoms with Crippen LogP contribution in [-0.4, -0.2) is 47.7 Å². The number of carbonyl (C=O) groups is 1. The fourth-order valence-corrected chi connectivity index (χ4v) is 1.29. The number of ketones is 1. The Morgan fingerprint density at radius 2 is 1.88 bits per heavy atom. The molecule has 0 saturated carbocycles. The summed E-state index contributed by atoms with van der Waals surface area (Å²) in [4.78, 5) is 11.9. The summed E-state index contributed by atoms with van der Waals surface area (Å²) < 4.78 is 0.598. The first-order valence-electron chi connectivity index (χ1n) is 5.23. The molecule has 0 aliphatic carbocycles. The highest BCUT2D eigenvalue weighted by Gasteiger charge is 2.19. The highest BCUT2D eigenvalue weighted by molar-refractivity contribution is 5.97. The van der Waals surface area contributed by atoms with E-state index in [1.165, 1.54) is 18.2 Å². The molecule has 0 unspecified atom stereocenters. The summed E-state index contributed by atoms with van der Waals surface area (Å²) in [6.45, 7) is 3.25. The van der Waals surface area contributed by atoms with Crippen molar-refractivity contribution in [3.05, 3.63) is 23.8 Å². The number of hydrogen-bond acceptors (Lipinski definition) is 3. The average Bonchev–Trinajstić information content (AvgIpc) is 2.21. The van der Waals surface area contributed by atoms with E-state index in [9.17, 15) is 9.90 Å². The topological polar surface area (TPSA) is 57.5 Å². The minimum atomic E-state index is -0.257. The summed E-state index contributed by atoms with van der Waals surface area (Å²) in [7, 11) is 3.94. The molecule has 2 N–H and O–H groups in total. The van der Waals surface area contributed by atoms with Crippen molar-refractivity contribution in [2.24, 2.45) is 0 Å². The van der Waals surface area contributed by atoms with Crippen molar-refractivity contribution in [1.82, 2.24) is 0 Å². The zero-order chi connectivity index (χ0) is 12.3. The minimum Gasteiger partial charge on any atom is -0.504 e. The van der Waals surface area contributed by atoms with E-state index in [0.29, 0.717) is 16.6 Å². The van der Waals surface area contributed by atoms with Gasteiger partial charge < -0.3 is 14.7 Å². The maximum atomic E-state index is 11.9. The van der Waals surface area contributed by atoms with E-state index in [1.54, 1.807) is 0 Å². The Balaban J connectivity index is 2.85. The molecule has 0 fully saturated rings. The van der Waals surface area contributed by atoms with Gasteiger partial charge in [0, 0.05) is 5.56 Å². The molecule has 1 aromatic carbocycles. The molecule has 0 amide bonds. The normalized spacial score (nSPS) is 11.4. The van der Waals surface area contributed by atoms with Crippen LogP contribution in [0, 0.1) is 0 Å². The van der Waals surface area contributed by atoms with Crippen LogP contribution < -0.4 is 0 Å². The largest absolute Gasteiger partial charge is 0.504 e. The van der Waals surface area contributed by atoms with Crippen LogP contribution in [-0.2, 0) is 0 Å². The second kappa shape index (κ2) is 4.53. The van der Waals surface area contributed by atoms with Gasteiger partial charge in [-0.2, -0.15) is 0 Å². The molecule has 0 atom stereocenters. The lowest BCUT2D eigenvalue weighted by atomic mass is 10.1. The number of likely N-dealkylation sites (N-methyl/N-ethyl adjacent to an activating group) is 1. The van der Waals surface area contributed by atoms with Crippen LogP contribution in [0.2, 0.25) is 0 Å². The van der Waals surface area contributed by atoms with E-state index in [2.05, 4.69) is 0 Å². The van der Waals surface area contributed by atoms with Crippen molar-refractivity contribution in [2.75, 3.05) is 27.2 Å². The standard InChI is InChI=1S/C12H17NO3/c1-4-13(2,3)8-12(16)9-5-6-10(14)11(15)7-9/h5-7H,4,8H2,1-3H3,(H-,14,15,16)/p+1. The fraction of sp³-hybridized carbons (Fsp3) is 0.417. The average molecular weight is 224 g/mol. The maximum Gasteiger partial charge on any atom is 0.217 e. The van der Waals surface area contributed by atoms with Gasteiger partial charge in [-0.25, -0.2) is 0 Å². The van der Waals surface area contributed by atoms with Crippen molar-refractivity contribution in [3.8, 4) is 11.5 Å². The first-order chi connectivity index (χ1) is 7.35. The number of phenols is 2. The van der Waals surface area contributed by atoms with Crippen LogP contribution in [0.3, 0.4) is 0 Å². The van der Waals surface area contributed by atoms with Gasteiger partial charge in [0.1, 0.15) is 6.54 Å². The van der Waals surface area contributed by atoms with Crippen molar-refractivity contribution in [1.29, 1.82) is 0 Å². The van der Waals surface area contributed by atoms with Gasteiger partial charge in [0.15, 0.2) is 11.5 Å². The molecule has 0 saturated heterocycles. The number of phenolic OH excluding ortho intramolecular Hbond substituents is 2. The molecule has 1 aromatic rings. The van der Waals surface area contributed by atoms with Gasteiger partial charge in [0.25, 0.3) is 0 Å². The third kappa shape index (κ3) is 2.97. The zero-order valence-electron chi connectivity index (χ0n) is 9.90. The number of aromatic hydroxyl groups is 2. The van der Waals surface area contributed by atoms with Gasteiger partial charge in [0.2, 0.25) is 5.78 Å². The highest BCUT2D eigenvalue weighted by atomic mass is 16.3. The van der Waals surface area contributed by atoms with Crippen LogP contribution in [0.15, 0.2) is 18.2 Å². The van der Waals surface area contributed by atoms with E-state index in [4.69, 9.17) is 5.11 Å². The first kappa shape index (κ1) is 12.5. The Morgan fingerprint density at radius 1 is 1.25 bits per heavy atom. The molecule has 0 radical (unpaired) electrons. The molecule has 4 heteroatoms. The molecule has 0 spiro atoms. The summed E-state index contributed by atoms with van der Waals surface area (Å²) >= 11 is 0. The molecular weight excluding hydrogens is 206 g/mol. The highest BCUT2D eigenvalue weighted by Crippen LogP contribution is 2.25. The number of hydrogen-bond donors (Lipinski definition) is 2. The third-order valence-corrected chi connectivity index (χ3v) is 2.73. The molecule has 4 nitrogen and oxygen atoms in total. The van der Waals surface area contributed by atoms with E-state index in [0.717, 1.165) is 6.54 Å². The molecule has 0 heterocycles. The number of Topliss-reactive ketones (excluding diaryl/α,β-unsaturated/α-hetero) is 1.